The molecule has 0 saturated carbocycles. The summed E-state index contributed by atoms with van der Waals surface area (Å²) < 4.78 is 28.5. The third-order valence-corrected chi connectivity index (χ3v) is 5.55. The highest BCUT2D eigenvalue weighted by Crippen LogP contribution is 2.23. The summed E-state index contributed by atoms with van der Waals surface area (Å²) in [6.07, 6.45) is 1.17. The number of rotatable bonds is 4. The number of carbonyl (C=O) groups is 1. The summed E-state index contributed by atoms with van der Waals surface area (Å²) in [5.41, 5.74) is 2.17. The van der Waals surface area contributed by atoms with E-state index >= 15 is 0 Å². The molecule has 138 valence electrons. The highest BCUT2D eigenvalue weighted by Gasteiger charge is 2.27. The van der Waals surface area contributed by atoms with Gasteiger partial charge in [-0.2, -0.15) is 0 Å². The molecule has 1 saturated heterocycles. The van der Waals surface area contributed by atoms with Crippen LogP contribution in [0.25, 0.3) is 11.1 Å². The molecule has 6 nitrogen and oxygen atoms in total. The average Bonchev–Trinajstić information content (AvgIpc) is 2.67. The zero-order valence-electron chi connectivity index (χ0n) is 14.5. The lowest BCUT2D eigenvalue weighted by Gasteiger charge is -2.34. The van der Waals surface area contributed by atoms with Crippen LogP contribution in [0.15, 0.2) is 53.4 Å². The van der Waals surface area contributed by atoms with E-state index in [0.29, 0.717) is 25.3 Å². The van der Waals surface area contributed by atoms with E-state index in [1.807, 2.05) is 6.07 Å². The van der Waals surface area contributed by atoms with Gasteiger partial charge in [0.25, 0.3) is 5.91 Å². The van der Waals surface area contributed by atoms with Gasteiger partial charge in [-0.25, -0.2) is 8.42 Å². The molecule has 2 aromatic carbocycles. The Morgan fingerprint density at radius 3 is 2.58 bits per heavy atom. The Morgan fingerprint density at radius 1 is 1.19 bits per heavy atom. The summed E-state index contributed by atoms with van der Waals surface area (Å²) in [6, 6.07) is 13.4. The lowest BCUT2D eigenvalue weighted by atomic mass is 10.0. The van der Waals surface area contributed by atoms with Gasteiger partial charge in [0.15, 0.2) is 9.84 Å². The van der Waals surface area contributed by atoms with Crippen molar-refractivity contribution in [2.45, 2.75) is 10.9 Å². The van der Waals surface area contributed by atoms with Gasteiger partial charge in [0.1, 0.15) is 0 Å². The van der Waals surface area contributed by atoms with Crippen molar-refractivity contribution in [3.63, 3.8) is 0 Å². The molecule has 1 unspecified atom stereocenters. The van der Waals surface area contributed by atoms with Gasteiger partial charge in [0.2, 0.25) is 0 Å². The van der Waals surface area contributed by atoms with E-state index in [-0.39, 0.29) is 23.5 Å². The number of aliphatic hydroxyl groups excluding tert-OH is 1. The number of benzene rings is 2. The number of amides is 1. The lowest BCUT2D eigenvalue weighted by molar-refractivity contribution is -0.0183. The number of nitrogens with zero attached hydrogens (tertiary/aromatic N) is 1. The molecule has 1 aliphatic heterocycles. The van der Waals surface area contributed by atoms with Crippen molar-refractivity contribution in [1.82, 2.24) is 4.90 Å². The van der Waals surface area contributed by atoms with Crippen molar-refractivity contribution < 1.29 is 23.1 Å². The summed E-state index contributed by atoms with van der Waals surface area (Å²) >= 11 is 0. The van der Waals surface area contributed by atoms with Crippen LogP contribution >= 0.6 is 0 Å². The maximum atomic E-state index is 12.8. The Kier molecular flexibility index (Phi) is 5.41. The molecule has 1 N–H and O–H groups in total. The molecule has 3 rings (SSSR count). The first-order chi connectivity index (χ1) is 12.4. The third kappa shape index (κ3) is 3.95. The predicted molar refractivity (Wildman–Crippen MR) is 97.7 cm³/mol. The van der Waals surface area contributed by atoms with Crippen LogP contribution in [0.1, 0.15) is 10.4 Å². The van der Waals surface area contributed by atoms with Gasteiger partial charge in [0.05, 0.1) is 30.8 Å². The maximum Gasteiger partial charge on any atom is 0.254 e. The highest BCUT2D eigenvalue weighted by atomic mass is 32.2. The van der Waals surface area contributed by atoms with E-state index in [1.165, 1.54) is 6.26 Å². The number of hydrogen-bond acceptors (Lipinski definition) is 5. The molecule has 0 aliphatic carbocycles. The molecule has 0 bridgehead atoms. The SMILES string of the molecule is CS(=O)(=O)c1ccc(-c2cccc(C(=O)N3CCOCC3CO)c2)cc1. The van der Waals surface area contributed by atoms with E-state index in [2.05, 4.69) is 0 Å². The second-order valence-electron chi connectivity index (χ2n) is 6.29. The Morgan fingerprint density at radius 2 is 1.92 bits per heavy atom. The van der Waals surface area contributed by atoms with E-state index in [0.717, 1.165) is 11.1 Å². The standard InChI is InChI=1S/C19H21NO5S/c1-26(23,24)18-7-5-14(6-8-18)15-3-2-4-16(11-15)19(22)20-9-10-25-13-17(20)12-21/h2-8,11,17,21H,9-10,12-13H2,1H3. The van der Waals surface area contributed by atoms with E-state index in [4.69, 9.17) is 4.74 Å². The van der Waals surface area contributed by atoms with Gasteiger partial charge in [-0.05, 0) is 35.4 Å². The number of carbonyl (C=O) groups excluding carboxylic acids is 1. The molecule has 1 heterocycles. The van der Waals surface area contributed by atoms with Crippen LogP contribution in [-0.4, -0.2) is 63.0 Å². The van der Waals surface area contributed by atoms with Crippen LogP contribution in [0.5, 0.6) is 0 Å². The van der Waals surface area contributed by atoms with Gasteiger partial charge < -0.3 is 14.7 Å². The average molecular weight is 375 g/mol. The zero-order chi connectivity index (χ0) is 18.7. The molecule has 0 radical (unpaired) electrons. The van der Waals surface area contributed by atoms with Gasteiger partial charge >= 0.3 is 0 Å². The smallest absolute Gasteiger partial charge is 0.254 e. The summed E-state index contributed by atoms with van der Waals surface area (Å²) in [4.78, 5) is 14.7. The Balaban J connectivity index is 1.87. The van der Waals surface area contributed by atoms with Crippen molar-refractivity contribution >= 4 is 15.7 Å². The van der Waals surface area contributed by atoms with Crippen molar-refractivity contribution in [3.05, 3.63) is 54.1 Å². The molecule has 1 fully saturated rings. The lowest BCUT2D eigenvalue weighted by Crippen LogP contribution is -2.50. The van der Waals surface area contributed by atoms with Crippen LogP contribution in [0, 0.1) is 0 Å². The summed E-state index contributed by atoms with van der Waals surface area (Å²) in [5.74, 6) is -0.151. The van der Waals surface area contributed by atoms with E-state index < -0.39 is 9.84 Å². The van der Waals surface area contributed by atoms with E-state index in [1.54, 1.807) is 47.4 Å². The molecule has 0 aromatic heterocycles. The molecule has 1 aliphatic rings. The van der Waals surface area contributed by atoms with Gasteiger partial charge in [-0.3, -0.25) is 4.79 Å². The maximum absolute atomic E-state index is 12.8. The molecule has 7 heteroatoms. The van der Waals surface area contributed by atoms with Gasteiger partial charge in [-0.1, -0.05) is 24.3 Å². The minimum atomic E-state index is -3.24. The molecular weight excluding hydrogens is 354 g/mol. The highest BCUT2D eigenvalue weighted by molar-refractivity contribution is 7.90. The van der Waals surface area contributed by atoms with Crippen LogP contribution in [-0.2, 0) is 14.6 Å². The molecule has 0 spiro atoms. The van der Waals surface area contributed by atoms with Crippen molar-refractivity contribution in [2.75, 3.05) is 32.6 Å². The first-order valence-electron chi connectivity index (χ1n) is 8.30. The quantitative estimate of drug-likeness (QED) is 0.877. The summed E-state index contributed by atoms with van der Waals surface area (Å²) in [6.45, 7) is 1.08. The van der Waals surface area contributed by atoms with Crippen LogP contribution in [0.4, 0.5) is 0 Å². The molecule has 1 atom stereocenters. The van der Waals surface area contributed by atoms with Crippen LogP contribution in [0.3, 0.4) is 0 Å². The first kappa shape index (κ1) is 18.6. The normalized spacial score (nSPS) is 17.9. The molecular formula is C19H21NO5S. The van der Waals surface area contributed by atoms with Crippen molar-refractivity contribution in [3.8, 4) is 11.1 Å². The Bertz CT molecular complexity index is 892. The Labute approximate surface area is 152 Å². The zero-order valence-corrected chi connectivity index (χ0v) is 15.3. The minimum Gasteiger partial charge on any atom is -0.394 e. The van der Waals surface area contributed by atoms with Crippen LogP contribution < -0.4 is 0 Å². The largest absolute Gasteiger partial charge is 0.394 e. The number of hydrogen-bond donors (Lipinski definition) is 1. The third-order valence-electron chi connectivity index (χ3n) is 4.42. The minimum absolute atomic E-state index is 0.140. The summed E-state index contributed by atoms with van der Waals surface area (Å²) in [7, 11) is -3.24. The number of sulfone groups is 1. The second kappa shape index (κ2) is 7.57. The second-order valence-corrected chi connectivity index (χ2v) is 8.30. The number of aliphatic hydroxyl groups is 1. The summed E-state index contributed by atoms with van der Waals surface area (Å²) in [5, 5.41) is 9.46. The fourth-order valence-corrected chi connectivity index (χ4v) is 3.60. The number of morpholine rings is 1. The van der Waals surface area contributed by atoms with Gasteiger partial charge in [-0.15, -0.1) is 0 Å². The van der Waals surface area contributed by atoms with Crippen molar-refractivity contribution in [2.24, 2.45) is 0 Å². The monoisotopic (exact) mass is 375 g/mol. The topological polar surface area (TPSA) is 83.9 Å². The van der Waals surface area contributed by atoms with Gasteiger partial charge in [0, 0.05) is 18.4 Å². The van der Waals surface area contributed by atoms with E-state index in [9.17, 15) is 18.3 Å². The van der Waals surface area contributed by atoms with Crippen LogP contribution in [0.2, 0.25) is 0 Å². The number of ether oxygens (including phenoxy) is 1. The fraction of sp³-hybridized carbons (Fsp3) is 0.316. The Hall–Kier alpha value is -2.22. The molecule has 26 heavy (non-hydrogen) atoms. The fourth-order valence-electron chi connectivity index (χ4n) is 2.97. The predicted octanol–water partition coefficient (Wildman–Crippen LogP) is 1.59. The molecule has 1 amide bonds. The van der Waals surface area contributed by atoms with Crippen molar-refractivity contribution in [1.29, 1.82) is 0 Å². The first-order valence-corrected chi connectivity index (χ1v) is 10.2. The molecule has 2 aromatic rings.